The number of hydrogen-bond acceptors (Lipinski definition) is 4. The summed E-state index contributed by atoms with van der Waals surface area (Å²) in [5.41, 5.74) is 3.96. The molecule has 2 unspecified atom stereocenters. The lowest BCUT2D eigenvalue weighted by atomic mass is 10.0. The Labute approximate surface area is 155 Å². The molecule has 0 rings (SSSR count). The topological polar surface area (TPSA) is 44.8 Å². The minimum Gasteiger partial charge on any atom is -0.346 e. The van der Waals surface area contributed by atoms with Crippen LogP contribution < -0.4 is 0 Å². The predicted molar refractivity (Wildman–Crippen MR) is 104 cm³/mol. The lowest BCUT2D eigenvalue weighted by molar-refractivity contribution is -0.316. The van der Waals surface area contributed by atoms with Crippen LogP contribution in [0, 0.1) is 5.92 Å². The van der Waals surface area contributed by atoms with Gasteiger partial charge in [-0.1, -0.05) is 41.9 Å². The van der Waals surface area contributed by atoms with Gasteiger partial charge in [0.2, 0.25) is 0 Å². The maximum absolute atomic E-state index is 10.5. The van der Waals surface area contributed by atoms with E-state index in [1.807, 2.05) is 0 Å². The van der Waals surface area contributed by atoms with Crippen LogP contribution in [0.5, 0.6) is 0 Å². The van der Waals surface area contributed by atoms with Gasteiger partial charge < -0.3 is 4.74 Å². The smallest absolute Gasteiger partial charge is 0.346 e. The molecular formula is C20H35O4P. The van der Waals surface area contributed by atoms with Crippen LogP contribution in [0.3, 0.4) is 0 Å². The highest BCUT2D eigenvalue weighted by Gasteiger charge is 2.15. The summed E-state index contributed by atoms with van der Waals surface area (Å²) >= 11 is 0. The van der Waals surface area contributed by atoms with Gasteiger partial charge in [-0.05, 0) is 66.2 Å². The molecule has 0 aromatic heterocycles. The molecule has 25 heavy (non-hydrogen) atoms. The van der Waals surface area contributed by atoms with Gasteiger partial charge in [-0.2, -0.15) is 4.89 Å². The van der Waals surface area contributed by atoms with Crippen LogP contribution in [-0.2, 0) is 18.9 Å². The Morgan fingerprint density at radius 2 is 1.64 bits per heavy atom. The van der Waals surface area contributed by atoms with Crippen molar-refractivity contribution in [2.45, 2.75) is 79.9 Å². The molecule has 0 N–H and O–H groups in total. The van der Waals surface area contributed by atoms with Crippen LogP contribution in [0.4, 0.5) is 0 Å². The van der Waals surface area contributed by atoms with E-state index >= 15 is 0 Å². The van der Waals surface area contributed by atoms with Crippen LogP contribution in [0.2, 0.25) is 0 Å². The first-order valence-corrected chi connectivity index (χ1v) is 9.77. The molecule has 0 aliphatic carbocycles. The van der Waals surface area contributed by atoms with Crippen molar-refractivity contribution in [3.05, 3.63) is 34.9 Å². The predicted octanol–water partition coefficient (Wildman–Crippen LogP) is 6.95. The second kappa shape index (κ2) is 15.5. The van der Waals surface area contributed by atoms with Crippen molar-refractivity contribution in [2.24, 2.45) is 5.92 Å². The summed E-state index contributed by atoms with van der Waals surface area (Å²) in [5, 5.41) is 0. The average molecular weight is 370 g/mol. The van der Waals surface area contributed by atoms with Gasteiger partial charge in [0.15, 0.2) is 6.29 Å². The quantitative estimate of drug-likeness (QED) is 0.109. The van der Waals surface area contributed by atoms with E-state index in [0.29, 0.717) is 18.9 Å². The summed E-state index contributed by atoms with van der Waals surface area (Å²) in [7, 11) is -0.496. The van der Waals surface area contributed by atoms with Crippen molar-refractivity contribution < 1.29 is 18.9 Å². The third kappa shape index (κ3) is 16.4. The van der Waals surface area contributed by atoms with E-state index in [0.717, 1.165) is 25.7 Å². The lowest BCUT2D eigenvalue weighted by Crippen LogP contribution is -2.19. The van der Waals surface area contributed by atoms with Crippen molar-refractivity contribution in [3.8, 4) is 0 Å². The SMILES string of the molecule is CC(C)=CCC/C(C)=C/COC(CC(C)CCC=C(C)C)OOP=O. The molecule has 0 bridgehead atoms. The first kappa shape index (κ1) is 24.2. The van der Waals surface area contributed by atoms with Crippen molar-refractivity contribution in [2.75, 3.05) is 6.61 Å². The molecule has 0 heterocycles. The number of ether oxygens (including phenoxy) is 1. The van der Waals surface area contributed by atoms with E-state index in [1.54, 1.807) is 0 Å². The minimum absolute atomic E-state index is 0.426. The molecule has 4 nitrogen and oxygen atoms in total. The fourth-order valence-electron chi connectivity index (χ4n) is 2.29. The Morgan fingerprint density at radius 3 is 2.24 bits per heavy atom. The highest BCUT2D eigenvalue weighted by Crippen LogP contribution is 2.18. The van der Waals surface area contributed by atoms with Gasteiger partial charge in [0.1, 0.15) is 0 Å². The molecule has 144 valence electrons. The number of allylic oxidation sites excluding steroid dienone is 5. The summed E-state index contributed by atoms with van der Waals surface area (Å²) in [6.45, 7) is 13.2. The monoisotopic (exact) mass is 370 g/mol. The maximum Gasteiger partial charge on any atom is 0.358 e. The number of hydrogen-bond donors (Lipinski definition) is 0. The third-order valence-electron chi connectivity index (χ3n) is 3.79. The molecule has 0 aliphatic rings. The van der Waals surface area contributed by atoms with Crippen molar-refractivity contribution in [1.29, 1.82) is 0 Å². The molecule has 0 saturated heterocycles. The van der Waals surface area contributed by atoms with Gasteiger partial charge in [0, 0.05) is 6.42 Å². The van der Waals surface area contributed by atoms with E-state index in [4.69, 9.17) is 9.62 Å². The molecule has 0 radical (unpaired) electrons. The van der Waals surface area contributed by atoms with Gasteiger partial charge in [-0.3, -0.25) is 0 Å². The van der Waals surface area contributed by atoms with Crippen molar-refractivity contribution in [1.82, 2.24) is 0 Å². The molecular weight excluding hydrogens is 335 g/mol. The van der Waals surface area contributed by atoms with E-state index < -0.39 is 15.0 Å². The van der Waals surface area contributed by atoms with E-state index in [2.05, 4.69) is 64.4 Å². The largest absolute Gasteiger partial charge is 0.358 e. The summed E-state index contributed by atoms with van der Waals surface area (Å²) in [5.74, 6) is 0.426. The van der Waals surface area contributed by atoms with Crippen LogP contribution in [0.1, 0.15) is 73.6 Å². The van der Waals surface area contributed by atoms with Crippen molar-refractivity contribution in [3.63, 3.8) is 0 Å². The molecule has 0 saturated carbocycles. The molecule has 0 aromatic carbocycles. The molecule has 5 heteroatoms. The Kier molecular flexibility index (Phi) is 15.0. The summed E-state index contributed by atoms with van der Waals surface area (Å²) in [6.07, 6.45) is 10.9. The second-order valence-electron chi connectivity index (χ2n) is 7.08. The van der Waals surface area contributed by atoms with E-state index in [-0.39, 0.29) is 0 Å². The zero-order chi connectivity index (χ0) is 19.1. The molecule has 0 aliphatic heterocycles. The first-order chi connectivity index (χ1) is 11.8. The Bertz CT molecular complexity index is 447. The minimum atomic E-state index is -0.509. The van der Waals surface area contributed by atoms with Gasteiger partial charge in [0.25, 0.3) is 0 Å². The standard InChI is InChI=1S/C20H35O4P/c1-16(2)9-7-11-18(5)13-14-22-20(23-24-25-21)15-19(6)12-8-10-17(3)4/h9-10,13,19-20H,7-8,11-12,14-15H2,1-6H3/b18-13+. The first-order valence-electron chi connectivity index (χ1n) is 9.04. The summed E-state index contributed by atoms with van der Waals surface area (Å²) < 4.78 is 20.7. The molecule has 0 fully saturated rings. The molecule has 2 atom stereocenters. The fourth-order valence-corrected chi connectivity index (χ4v) is 2.42. The fraction of sp³-hybridized carbons (Fsp3) is 0.700. The average Bonchev–Trinajstić information content (AvgIpc) is 2.51. The zero-order valence-electron chi connectivity index (χ0n) is 16.7. The van der Waals surface area contributed by atoms with Crippen LogP contribution >= 0.6 is 8.69 Å². The molecule has 0 spiro atoms. The van der Waals surface area contributed by atoms with Crippen molar-refractivity contribution >= 4 is 8.69 Å². The normalized spacial score (nSPS) is 14.2. The Balaban J connectivity index is 4.30. The summed E-state index contributed by atoms with van der Waals surface area (Å²) in [4.78, 5) is 5.08. The van der Waals surface area contributed by atoms with Crippen LogP contribution in [-0.4, -0.2) is 12.9 Å². The highest BCUT2D eigenvalue weighted by atomic mass is 31.1. The summed E-state index contributed by atoms with van der Waals surface area (Å²) in [6, 6.07) is 0. The zero-order valence-corrected chi connectivity index (χ0v) is 17.6. The maximum atomic E-state index is 10.5. The van der Waals surface area contributed by atoms with E-state index in [9.17, 15) is 4.57 Å². The van der Waals surface area contributed by atoms with Crippen LogP contribution in [0.15, 0.2) is 34.9 Å². The Morgan fingerprint density at radius 1 is 1.00 bits per heavy atom. The van der Waals surface area contributed by atoms with Gasteiger partial charge >= 0.3 is 8.69 Å². The highest BCUT2D eigenvalue weighted by molar-refractivity contribution is 7.17. The van der Waals surface area contributed by atoms with E-state index in [1.165, 1.54) is 16.7 Å². The lowest BCUT2D eigenvalue weighted by Gasteiger charge is -2.18. The Hall–Kier alpha value is -0.800. The van der Waals surface area contributed by atoms with Gasteiger partial charge in [-0.15, -0.1) is 4.67 Å². The number of rotatable bonds is 14. The molecule has 0 amide bonds. The second-order valence-corrected chi connectivity index (χ2v) is 7.38. The molecule has 0 aromatic rings. The van der Waals surface area contributed by atoms with Gasteiger partial charge in [0.05, 0.1) is 6.61 Å². The third-order valence-corrected chi connectivity index (χ3v) is 3.94. The van der Waals surface area contributed by atoms with Crippen LogP contribution in [0.25, 0.3) is 0 Å². The van der Waals surface area contributed by atoms with Gasteiger partial charge in [-0.25, -0.2) is 4.57 Å².